The van der Waals surface area contributed by atoms with Gasteiger partial charge < -0.3 is 14.2 Å². The number of esters is 3. The predicted molar refractivity (Wildman–Crippen MR) is 265 cm³/mol. The van der Waals surface area contributed by atoms with E-state index in [1.54, 1.807) is 0 Å². The zero-order chi connectivity index (χ0) is 45.1. The number of allylic oxidation sites excluding steroid dienone is 12. The van der Waals surface area contributed by atoms with Gasteiger partial charge in [-0.15, -0.1) is 0 Å². The molecule has 0 aromatic heterocycles. The summed E-state index contributed by atoms with van der Waals surface area (Å²) in [5.41, 5.74) is 0. The quantitative estimate of drug-likeness (QED) is 0.0262. The normalized spacial score (nSPS) is 12.6. The monoisotopic (exact) mass is 865 g/mol. The van der Waals surface area contributed by atoms with Gasteiger partial charge in [0.2, 0.25) is 0 Å². The topological polar surface area (TPSA) is 78.9 Å². The summed E-state index contributed by atoms with van der Waals surface area (Å²) >= 11 is 0. The maximum absolute atomic E-state index is 12.8. The van der Waals surface area contributed by atoms with Gasteiger partial charge in [0.15, 0.2) is 6.10 Å². The van der Waals surface area contributed by atoms with Crippen LogP contribution >= 0.6 is 0 Å². The molecule has 0 aromatic rings. The van der Waals surface area contributed by atoms with Crippen molar-refractivity contribution in [1.29, 1.82) is 0 Å². The summed E-state index contributed by atoms with van der Waals surface area (Å²) in [4.78, 5) is 38.0. The van der Waals surface area contributed by atoms with E-state index in [-0.39, 0.29) is 31.1 Å². The molecule has 0 saturated heterocycles. The molecule has 356 valence electrons. The summed E-state index contributed by atoms with van der Waals surface area (Å²) in [6.45, 7) is 6.38. The smallest absolute Gasteiger partial charge is 0.306 e. The lowest BCUT2D eigenvalue weighted by Gasteiger charge is -2.18. The van der Waals surface area contributed by atoms with Crippen LogP contribution in [-0.4, -0.2) is 37.2 Å². The minimum atomic E-state index is -0.794. The third-order valence-corrected chi connectivity index (χ3v) is 11.0. The van der Waals surface area contributed by atoms with Crippen molar-refractivity contribution >= 4 is 17.9 Å². The maximum Gasteiger partial charge on any atom is 0.306 e. The van der Waals surface area contributed by atoms with Crippen molar-refractivity contribution in [3.63, 3.8) is 0 Å². The molecule has 0 heterocycles. The van der Waals surface area contributed by atoms with Crippen LogP contribution < -0.4 is 0 Å². The SMILES string of the molecule is CC/C=C\C/C=C\C/C=C\CCCCCCC(=O)OCC(COC(=O)CCCCCCCCCCCCCCCCCC)OC(=O)CCCCCC/C=C\C/C=C\C/C=C\CC. The molecule has 6 nitrogen and oxygen atoms in total. The van der Waals surface area contributed by atoms with E-state index in [0.717, 1.165) is 122 Å². The molecule has 0 N–H and O–H groups in total. The molecule has 0 aliphatic carbocycles. The van der Waals surface area contributed by atoms with Crippen molar-refractivity contribution in [3.8, 4) is 0 Å². The molecule has 0 radical (unpaired) electrons. The van der Waals surface area contributed by atoms with Crippen LogP contribution in [0, 0.1) is 0 Å². The number of carbonyl (C=O) groups excluding carboxylic acids is 3. The van der Waals surface area contributed by atoms with E-state index in [1.807, 2.05) is 0 Å². The van der Waals surface area contributed by atoms with Crippen molar-refractivity contribution in [3.05, 3.63) is 72.9 Å². The molecule has 0 aromatic carbocycles. The molecule has 0 amide bonds. The van der Waals surface area contributed by atoms with Gasteiger partial charge in [-0.05, 0) is 83.5 Å². The summed E-state index contributed by atoms with van der Waals surface area (Å²) in [5, 5.41) is 0. The number of hydrogen-bond donors (Lipinski definition) is 0. The summed E-state index contributed by atoms with van der Waals surface area (Å²) in [6, 6.07) is 0. The van der Waals surface area contributed by atoms with E-state index in [0.29, 0.717) is 19.3 Å². The van der Waals surface area contributed by atoms with Crippen LogP contribution in [0.2, 0.25) is 0 Å². The maximum atomic E-state index is 12.8. The summed E-state index contributed by atoms with van der Waals surface area (Å²) in [5.74, 6) is -0.933. The van der Waals surface area contributed by atoms with E-state index in [2.05, 4.69) is 93.7 Å². The molecular weight excluding hydrogens is 769 g/mol. The van der Waals surface area contributed by atoms with Gasteiger partial charge in [-0.2, -0.15) is 0 Å². The molecule has 1 atom stereocenters. The van der Waals surface area contributed by atoms with E-state index >= 15 is 0 Å². The summed E-state index contributed by atoms with van der Waals surface area (Å²) < 4.78 is 16.8. The summed E-state index contributed by atoms with van der Waals surface area (Å²) in [7, 11) is 0. The van der Waals surface area contributed by atoms with Crippen molar-refractivity contribution in [2.75, 3.05) is 13.2 Å². The Morgan fingerprint density at radius 2 is 0.629 bits per heavy atom. The molecule has 0 spiro atoms. The zero-order valence-electron chi connectivity index (χ0n) is 40.6. The molecule has 0 aliphatic heterocycles. The lowest BCUT2D eigenvalue weighted by atomic mass is 10.0. The molecule has 0 saturated carbocycles. The highest BCUT2D eigenvalue weighted by Gasteiger charge is 2.19. The first-order valence-corrected chi connectivity index (χ1v) is 25.9. The number of rotatable bonds is 46. The highest BCUT2D eigenvalue weighted by atomic mass is 16.6. The number of carbonyl (C=O) groups is 3. The van der Waals surface area contributed by atoms with Crippen LogP contribution in [0.25, 0.3) is 0 Å². The van der Waals surface area contributed by atoms with Crippen LogP contribution in [0.15, 0.2) is 72.9 Å². The Kier molecular flexibility index (Phi) is 47.9. The molecule has 0 bridgehead atoms. The van der Waals surface area contributed by atoms with E-state index in [9.17, 15) is 14.4 Å². The zero-order valence-corrected chi connectivity index (χ0v) is 40.6. The van der Waals surface area contributed by atoms with Gasteiger partial charge in [0.05, 0.1) is 0 Å². The summed E-state index contributed by atoms with van der Waals surface area (Å²) in [6.07, 6.45) is 63.1. The molecule has 62 heavy (non-hydrogen) atoms. The molecular formula is C56H96O6. The Labute approximate surface area is 382 Å². The molecule has 0 fully saturated rings. The minimum absolute atomic E-state index is 0.0904. The Bertz CT molecular complexity index is 1180. The average molecular weight is 865 g/mol. The van der Waals surface area contributed by atoms with Crippen molar-refractivity contribution in [1.82, 2.24) is 0 Å². The molecule has 1 unspecified atom stereocenters. The highest BCUT2D eigenvalue weighted by Crippen LogP contribution is 2.15. The predicted octanol–water partition coefficient (Wildman–Crippen LogP) is 17.0. The lowest BCUT2D eigenvalue weighted by Crippen LogP contribution is -2.30. The second-order valence-electron chi connectivity index (χ2n) is 17.0. The first-order chi connectivity index (χ1) is 30.5. The Morgan fingerprint density at radius 1 is 0.339 bits per heavy atom. The van der Waals surface area contributed by atoms with Gasteiger partial charge in [0.25, 0.3) is 0 Å². The van der Waals surface area contributed by atoms with Gasteiger partial charge in [-0.3, -0.25) is 14.4 Å². The first-order valence-electron chi connectivity index (χ1n) is 25.9. The largest absolute Gasteiger partial charge is 0.462 e. The number of hydrogen-bond acceptors (Lipinski definition) is 6. The van der Waals surface area contributed by atoms with Crippen molar-refractivity contribution < 1.29 is 28.6 Å². The van der Waals surface area contributed by atoms with Gasteiger partial charge in [-0.1, -0.05) is 216 Å². The van der Waals surface area contributed by atoms with E-state index in [4.69, 9.17) is 14.2 Å². The fourth-order valence-corrected chi connectivity index (χ4v) is 7.12. The van der Waals surface area contributed by atoms with E-state index < -0.39 is 6.10 Å². The van der Waals surface area contributed by atoms with E-state index in [1.165, 1.54) is 83.5 Å². The van der Waals surface area contributed by atoms with Crippen molar-refractivity contribution in [2.45, 2.75) is 252 Å². The van der Waals surface area contributed by atoms with Crippen LogP contribution in [0.3, 0.4) is 0 Å². The first kappa shape index (κ1) is 58.9. The fraction of sp³-hybridized carbons (Fsp3) is 0.732. The minimum Gasteiger partial charge on any atom is -0.462 e. The van der Waals surface area contributed by atoms with Gasteiger partial charge >= 0.3 is 17.9 Å². The third-order valence-electron chi connectivity index (χ3n) is 11.0. The lowest BCUT2D eigenvalue weighted by molar-refractivity contribution is -0.167. The highest BCUT2D eigenvalue weighted by molar-refractivity contribution is 5.71. The van der Waals surface area contributed by atoms with Crippen LogP contribution in [0.1, 0.15) is 245 Å². The second-order valence-corrected chi connectivity index (χ2v) is 17.0. The second kappa shape index (κ2) is 50.5. The Morgan fingerprint density at radius 3 is 0.984 bits per heavy atom. The van der Waals surface area contributed by atoms with Gasteiger partial charge in [0, 0.05) is 19.3 Å². The molecule has 0 rings (SSSR count). The average Bonchev–Trinajstić information content (AvgIpc) is 3.27. The third kappa shape index (κ3) is 47.9. The van der Waals surface area contributed by atoms with Crippen LogP contribution in [-0.2, 0) is 28.6 Å². The molecule has 0 aliphatic rings. The standard InChI is InChI=1S/C56H96O6/c1-4-7-10-13-16-19-22-25-28-29-32-34-37-40-43-46-49-55(58)61-52-53(62-56(59)50-47-44-41-38-35-31-27-24-21-18-15-12-9-6-3)51-60-54(57)48-45-42-39-36-33-30-26-23-20-17-14-11-8-5-2/h8-9,11-12,17-18,20-21,26-27,30-31,53H,4-7,10,13-16,19,22-25,28-29,32-52H2,1-3H3/b11-8-,12-9-,20-17-,21-18-,30-26-,31-27-. The number of ether oxygens (including phenoxy) is 3. The van der Waals surface area contributed by atoms with Gasteiger partial charge in [-0.25, -0.2) is 0 Å². The van der Waals surface area contributed by atoms with Crippen molar-refractivity contribution in [2.24, 2.45) is 0 Å². The van der Waals surface area contributed by atoms with Crippen LogP contribution in [0.5, 0.6) is 0 Å². The number of unbranched alkanes of at least 4 members (excludes halogenated alkanes) is 23. The Balaban J connectivity index is 4.42. The Hall–Kier alpha value is -3.15. The van der Waals surface area contributed by atoms with Crippen LogP contribution in [0.4, 0.5) is 0 Å². The van der Waals surface area contributed by atoms with Gasteiger partial charge in [0.1, 0.15) is 13.2 Å². The fourth-order valence-electron chi connectivity index (χ4n) is 7.12. The molecule has 6 heteroatoms.